The van der Waals surface area contributed by atoms with Crippen molar-refractivity contribution in [2.45, 2.75) is 38.7 Å². The molecule has 3 N–H and O–H groups in total. The van der Waals surface area contributed by atoms with Gasteiger partial charge in [-0.1, -0.05) is 0 Å². The summed E-state index contributed by atoms with van der Waals surface area (Å²) < 4.78 is 1.80. The second kappa shape index (κ2) is 4.94. The second-order valence-electron chi connectivity index (χ2n) is 5.78. The summed E-state index contributed by atoms with van der Waals surface area (Å²) in [5.41, 5.74) is 8.38. The number of aliphatic hydroxyl groups is 1. The van der Waals surface area contributed by atoms with Crippen molar-refractivity contribution in [3.63, 3.8) is 0 Å². The number of benzene rings is 1. The van der Waals surface area contributed by atoms with Crippen molar-refractivity contribution in [3.05, 3.63) is 30.0 Å². The molecule has 1 aromatic carbocycles. The number of aliphatic hydroxyl groups excluding tert-OH is 1. The van der Waals surface area contributed by atoms with Gasteiger partial charge >= 0.3 is 0 Å². The summed E-state index contributed by atoms with van der Waals surface area (Å²) in [6, 6.07) is 7.64. The summed E-state index contributed by atoms with van der Waals surface area (Å²) >= 11 is 0. The molecule has 1 heterocycles. The van der Waals surface area contributed by atoms with Crippen molar-refractivity contribution in [2.75, 3.05) is 5.73 Å². The molecule has 0 bridgehead atoms. The first-order valence-corrected chi connectivity index (χ1v) is 7.16. The van der Waals surface area contributed by atoms with Crippen LogP contribution in [0, 0.1) is 12.8 Å². The van der Waals surface area contributed by atoms with E-state index in [1.807, 2.05) is 31.2 Å². The number of rotatable bonds is 1. The molecule has 3 rings (SSSR count). The van der Waals surface area contributed by atoms with Gasteiger partial charge in [-0.2, -0.15) is 0 Å². The molecule has 0 unspecified atom stereocenters. The molecule has 0 aliphatic heterocycles. The van der Waals surface area contributed by atoms with Gasteiger partial charge in [0, 0.05) is 22.7 Å². The van der Waals surface area contributed by atoms with Gasteiger partial charge in [0.15, 0.2) is 0 Å². The smallest absolute Gasteiger partial charge is 0.234 e. The number of fused-ring (bicyclic) bond motifs is 1. The molecule has 0 saturated heterocycles. The third-order valence-corrected chi connectivity index (χ3v) is 4.28. The molecule has 1 aliphatic carbocycles. The van der Waals surface area contributed by atoms with E-state index in [2.05, 4.69) is 0 Å². The van der Waals surface area contributed by atoms with E-state index in [9.17, 15) is 9.90 Å². The molecule has 0 amide bonds. The first-order valence-electron chi connectivity index (χ1n) is 7.16. The number of carbonyl (C=O) groups is 1. The lowest BCUT2D eigenvalue weighted by Crippen LogP contribution is -2.28. The molecule has 0 radical (unpaired) electrons. The lowest BCUT2D eigenvalue weighted by atomic mass is 9.87. The monoisotopic (exact) mass is 272 g/mol. The van der Waals surface area contributed by atoms with E-state index < -0.39 is 0 Å². The van der Waals surface area contributed by atoms with Crippen molar-refractivity contribution in [2.24, 2.45) is 5.92 Å². The zero-order valence-corrected chi connectivity index (χ0v) is 11.7. The Labute approximate surface area is 118 Å². The van der Waals surface area contributed by atoms with E-state index in [4.69, 9.17) is 5.73 Å². The lowest BCUT2D eigenvalue weighted by molar-refractivity contribution is 0.0690. The predicted octanol–water partition coefficient (Wildman–Crippen LogP) is 2.72. The summed E-state index contributed by atoms with van der Waals surface area (Å²) in [5.74, 6) is 0.166. The van der Waals surface area contributed by atoms with E-state index >= 15 is 0 Å². The molecule has 1 saturated carbocycles. The van der Waals surface area contributed by atoms with E-state index in [1.165, 1.54) is 0 Å². The van der Waals surface area contributed by atoms with Gasteiger partial charge in [-0.3, -0.25) is 9.36 Å². The number of anilines is 1. The SMILES string of the molecule is Cc1cc2cc(N)ccc2n1C(=O)C1CCC(O)CC1. The van der Waals surface area contributed by atoms with Gasteiger partial charge in [-0.15, -0.1) is 0 Å². The van der Waals surface area contributed by atoms with Crippen molar-refractivity contribution < 1.29 is 9.90 Å². The average molecular weight is 272 g/mol. The minimum Gasteiger partial charge on any atom is -0.399 e. The van der Waals surface area contributed by atoms with Crippen LogP contribution in [-0.4, -0.2) is 21.7 Å². The quantitative estimate of drug-likeness (QED) is 0.784. The Morgan fingerprint density at radius 3 is 2.65 bits per heavy atom. The highest BCUT2D eigenvalue weighted by atomic mass is 16.3. The predicted molar refractivity (Wildman–Crippen MR) is 79.7 cm³/mol. The highest BCUT2D eigenvalue weighted by molar-refractivity contribution is 5.95. The van der Waals surface area contributed by atoms with Gasteiger partial charge in [0.2, 0.25) is 5.91 Å². The van der Waals surface area contributed by atoms with Gasteiger partial charge in [0.05, 0.1) is 11.6 Å². The Hall–Kier alpha value is -1.81. The second-order valence-corrected chi connectivity index (χ2v) is 5.78. The zero-order chi connectivity index (χ0) is 14.3. The molecule has 4 nitrogen and oxygen atoms in total. The van der Waals surface area contributed by atoms with E-state index in [-0.39, 0.29) is 17.9 Å². The van der Waals surface area contributed by atoms with Gasteiger partial charge in [0.25, 0.3) is 0 Å². The largest absolute Gasteiger partial charge is 0.399 e. The lowest BCUT2D eigenvalue weighted by Gasteiger charge is -2.25. The maximum atomic E-state index is 12.7. The Kier molecular flexibility index (Phi) is 3.26. The number of hydrogen-bond acceptors (Lipinski definition) is 3. The van der Waals surface area contributed by atoms with Gasteiger partial charge < -0.3 is 10.8 Å². The maximum absolute atomic E-state index is 12.7. The molecular weight excluding hydrogens is 252 g/mol. The van der Waals surface area contributed by atoms with Crippen molar-refractivity contribution in [1.29, 1.82) is 0 Å². The van der Waals surface area contributed by atoms with Crippen LogP contribution in [0.15, 0.2) is 24.3 Å². The molecular formula is C16H20N2O2. The van der Waals surface area contributed by atoms with Crippen LogP contribution in [0.25, 0.3) is 10.9 Å². The number of carbonyl (C=O) groups excluding carboxylic acids is 1. The highest BCUT2D eigenvalue weighted by Crippen LogP contribution is 2.29. The summed E-state index contributed by atoms with van der Waals surface area (Å²) in [6.45, 7) is 1.95. The topological polar surface area (TPSA) is 68.2 Å². The van der Waals surface area contributed by atoms with E-state index in [0.29, 0.717) is 5.69 Å². The molecule has 1 aromatic heterocycles. The van der Waals surface area contributed by atoms with Crippen LogP contribution in [-0.2, 0) is 0 Å². The summed E-state index contributed by atoms with van der Waals surface area (Å²) in [5, 5.41) is 10.6. The van der Waals surface area contributed by atoms with Crippen LogP contribution < -0.4 is 5.73 Å². The number of aryl methyl sites for hydroxylation is 1. The normalized spacial score (nSPS) is 23.1. The van der Waals surface area contributed by atoms with Gasteiger partial charge in [-0.25, -0.2) is 0 Å². The summed E-state index contributed by atoms with van der Waals surface area (Å²) in [7, 11) is 0. The van der Waals surface area contributed by atoms with Gasteiger partial charge in [0.1, 0.15) is 0 Å². The average Bonchev–Trinajstić information content (AvgIpc) is 2.73. The van der Waals surface area contributed by atoms with Crippen LogP contribution >= 0.6 is 0 Å². The highest BCUT2D eigenvalue weighted by Gasteiger charge is 2.27. The molecule has 0 spiro atoms. The Bertz CT molecular complexity index is 652. The Morgan fingerprint density at radius 2 is 1.95 bits per heavy atom. The molecule has 4 heteroatoms. The number of nitrogens with zero attached hydrogens (tertiary/aromatic N) is 1. The zero-order valence-electron chi connectivity index (χ0n) is 11.7. The number of hydrogen-bond donors (Lipinski definition) is 2. The molecule has 1 aliphatic rings. The number of nitrogens with two attached hydrogens (primary N) is 1. The molecule has 2 aromatic rings. The molecule has 20 heavy (non-hydrogen) atoms. The minimum absolute atomic E-state index is 0.0188. The van der Waals surface area contributed by atoms with Gasteiger partial charge in [-0.05, 0) is 56.9 Å². The van der Waals surface area contributed by atoms with Crippen LogP contribution in [0.5, 0.6) is 0 Å². The Balaban J connectivity index is 1.97. The first-order chi connectivity index (χ1) is 9.56. The van der Waals surface area contributed by atoms with Crippen LogP contribution in [0.4, 0.5) is 5.69 Å². The number of nitrogen functional groups attached to an aromatic ring is 1. The first kappa shape index (κ1) is 13.2. The molecule has 0 atom stereocenters. The minimum atomic E-state index is -0.235. The molecule has 1 fully saturated rings. The van der Waals surface area contributed by atoms with Crippen molar-refractivity contribution in [1.82, 2.24) is 4.57 Å². The fraction of sp³-hybridized carbons (Fsp3) is 0.438. The van der Waals surface area contributed by atoms with Crippen molar-refractivity contribution in [3.8, 4) is 0 Å². The van der Waals surface area contributed by atoms with E-state index in [1.54, 1.807) is 4.57 Å². The third-order valence-electron chi connectivity index (χ3n) is 4.28. The summed E-state index contributed by atoms with van der Waals surface area (Å²) in [6.07, 6.45) is 2.76. The number of aromatic nitrogens is 1. The fourth-order valence-electron chi connectivity index (χ4n) is 3.17. The van der Waals surface area contributed by atoms with Crippen LogP contribution in [0.1, 0.15) is 36.2 Å². The van der Waals surface area contributed by atoms with Crippen LogP contribution in [0.2, 0.25) is 0 Å². The van der Waals surface area contributed by atoms with Crippen molar-refractivity contribution >= 4 is 22.5 Å². The Morgan fingerprint density at radius 1 is 1.25 bits per heavy atom. The standard InChI is InChI=1S/C16H20N2O2/c1-10-8-12-9-13(17)4-7-15(12)18(10)16(20)11-2-5-14(19)6-3-11/h4,7-9,11,14,19H,2-3,5-6,17H2,1H3. The fourth-order valence-corrected chi connectivity index (χ4v) is 3.17. The molecule has 106 valence electrons. The maximum Gasteiger partial charge on any atom is 0.234 e. The third kappa shape index (κ3) is 2.20. The van der Waals surface area contributed by atoms with E-state index in [0.717, 1.165) is 42.3 Å². The summed E-state index contributed by atoms with van der Waals surface area (Å²) in [4.78, 5) is 12.7. The van der Waals surface area contributed by atoms with Crippen LogP contribution in [0.3, 0.4) is 0 Å².